The smallest absolute Gasteiger partial charge is 0.112 e. The van der Waals surface area contributed by atoms with E-state index in [0.29, 0.717) is 6.61 Å². The molecule has 0 bridgehead atoms. The van der Waals surface area contributed by atoms with Gasteiger partial charge >= 0.3 is 0 Å². The van der Waals surface area contributed by atoms with Crippen LogP contribution in [0.4, 0.5) is 0 Å². The molecule has 0 aliphatic carbocycles. The fourth-order valence-corrected chi connectivity index (χ4v) is 1.61. The molecular formula is C10H19BO4. The molecule has 1 fully saturated rings. The first kappa shape index (κ1) is 13.0. The predicted octanol–water partition coefficient (Wildman–Crippen LogP) is 0.0708. The van der Waals surface area contributed by atoms with Crippen molar-refractivity contribution in [3.05, 3.63) is 0 Å². The van der Waals surface area contributed by atoms with E-state index in [2.05, 4.69) is 0 Å². The second-order valence-corrected chi connectivity index (χ2v) is 3.88. The highest BCUT2D eigenvalue weighted by molar-refractivity contribution is 6.11. The molecule has 1 saturated heterocycles. The van der Waals surface area contributed by atoms with Crippen molar-refractivity contribution in [1.82, 2.24) is 0 Å². The summed E-state index contributed by atoms with van der Waals surface area (Å²) >= 11 is 0. The van der Waals surface area contributed by atoms with E-state index in [0.717, 1.165) is 6.42 Å². The predicted molar refractivity (Wildman–Crippen MR) is 56.9 cm³/mol. The number of hydrogen-bond acceptors (Lipinski definition) is 4. The van der Waals surface area contributed by atoms with Crippen molar-refractivity contribution in [3.8, 4) is 0 Å². The second kappa shape index (κ2) is 5.84. The van der Waals surface area contributed by atoms with Gasteiger partial charge in [0.15, 0.2) is 0 Å². The van der Waals surface area contributed by atoms with Gasteiger partial charge in [-0.25, -0.2) is 0 Å². The minimum Gasteiger partial charge on any atom is -0.388 e. The van der Waals surface area contributed by atoms with E-state index in [-0.39, 0.29) is 12.2 Å². The standard InChI is InChI=1S/C10H19BO4/c1-4-7-8(12)9(10(11)15-7)14-5-6(2)13-3/h6-10,12H,4-5H2,1-3H3. The molecule has 2 radical (unpaired) electrons. The molecule has 0 spiro atoms. The third kappa shape index (κ3) is 3.18. The molecule has 5 unspecified atom stereocenters. The van der Waals surface area contributed by atoms with Crippen LogP contribution >= 0.6 is 0 Å². The number of methoxy groups -OCH3 is 1. The third-order valence-corrected chi connectivity index (χ3v) is 2.70. The largest absolute Gasteiger partial charge is 0.388 e. The molecule has 0 aromatic heterocycles. The van der Waals surface area contributed by atoms with Crippen molar-refractivity contribution in [1.29, 1.82) is 0 Å². The summed E-state index contributed by atoms with van der Waals surface area (Å²) in [5.41, 5.74) is 0. The molecule has 0 amide bonds. The van der Waals surface area contributed by atoms with Crippen LogP contribution in [0.1, 0.15) is 20.3 Å². The number of aliphatic hydroxyl groups is 1. The average Bonchev–Trinajstić information content (AvgIpc) is 2.51. The highest BCUT2D eigenvalue weighted by Gasteiger charge is 2.40. The summed E-state index contributed by atoms with van der Waals surface area (Å²) in [6.45, 7) is 4.25. The Balaban J connectivity index is 2.40. The fourth-order valence-electron chi connectivity index (χ4n) is 1.61. The van der Waals surface area contributed by atoms with Crippen molar-refractivity contribution in [2.75, 3.05) is 13.7 Å². The Morgan fingerprint density at radius 3 is 2.67 bits per heavy atom. The van der Waals surface area contributed by atoms with Crippen molar-refractivity contribution in [2.45, 2.75) is 50.7 Å². The average molecular weight is 214 g/mol. The first-order valence-electron chi connectivity index (χ1n) is 5.33. The Hall–Kier alpha value is -0.0951. The maximum atomic E-state index is 9.83. The van der Waals surface area contributed by atoms with Gasteiger partial charge in [0.2, 0.25) is 0 Å². The van der Waals surface area contributed by atoms with E-state index >= 15 is 0 Å². The molecule has 4 nitrogen and oxygen atoms in total. The van der Waals surface area contributed by atoms with Crippen molar-refractivity contribution < 1.29 is 19.3 Å². The Bertz CT molecular complexity index is 190. The van der Waals surface area contributed by atoms with E-state index in [1.54, 1.807) is 7.11 Å². The van der Waals surface area contributed by atoms with E-state index in [9.17, 15) is 5.11 Å². The van der Waals surface area contributed by atoms with Crippen LogP contribution in [0.15, 0.2) is 0 Å². The van der Waals surface area contributed by atoms with Crippen LogP contribution in [0.2, 0.25) is 0 Å². The summed E-state index contributed by atoms with van der Waals surface area (Å²) in [6.07, 6.45) is -0.594. The van der Waals surface area contributed by atoms with Gasteiger partial charge in [0.1, 0.15) is 20.1 Å². The molecule has 86 valence electrons. The molecule has 5 atom stereocenters. The summed E-state index contributed by atoms with van der Waals surface area (Å²) in [5.74, 6) is 0. The van der Waals surface area contributed by atoms with Crippen LogP contribution < -0.4 is 0 Å². The zero-order valence-corrected chi connectivity index (χ0v) is 9.55. The van der Waals surface area contributed by atoms with Crippen molar-refractivity contribution in [3.63, 3.8) is 0 Å². The molecule has 0 aromatic rings. The molecule has 5 heteroatoms. The van der Waals surface area contributed by atoms with Gasteiger partial charge in [0.25, 0.3) is 0 Å². The maximum absolute atomic E-state index is 9.83. The van der Waals surface area contributed by atoms with Crippen LogP contribution in [0, 0.1) is 0 Å². The van der Waals surface area contributed by atoms with Crippen LogP contribution in [0.3, 0.4) is 0 Å². The highest BCUT2D eigenvalue weighted by atomic mass is 16.6. The van der Waals surface area contributed by atoms with Gasteiger partial charge in [-0.15, -0.1) is 0 Å². The van der Waals surface area contributed by atoms with Gasteiger partial charge < -0.3 is 19.3 Å². The summed E-state index contributed by atoms with van der Waals surface area (Å²) in [7, 11) is 7.33. The van der Waals surface area contributed by atoms with Gasteiger partial charge in [0, 0.05) is 13.1 Å². The number of aliphatic hydroxyl groups excluding tert-OH is 1. The van der Waals surface area contributed by atoms with Gasteiger partial charge in [-0.2, -0.15) is 0 Å². The number of rotatable bonds is 5. The van der Waals surface area contributed by atoms with E-state index < -0.39 is 18.2 Å². The molecular weight excluding hydrogens is 195 g/mol. The van der Waals surface area contributed by atoms with E-state index in [4.69, 9.17) is 22.1 Å². The monoisotopic (exact) mass is 214 g/mol. The molecule has 1 rings (SSSR count). The van der Waals surface area contributed by atoms with Crippen molar-refractivity contribution >= 4 is 7.85 Å². The molecule has 0 saturated carbocycles. The highest BCUT2D eigenvalue weighted by Crippen LogP contribution is 2.24. The lowest BCUT2D eigenvalue weighted by Gasteiger charge is -2.20. The molecule has 1 N–H and O–H groups in total. The summed E-state index contributed by atoms with van der Waals surface area (Å²) in [5, 5.41) is 9.83. The van der Waals surface area contributed by atoms with Gasteiger partial charge in [-0.05, 0) is 13.3 Å². The zero-order chi connectivity index (χ0) is 11.4. The number of ether oxygens (including phenoxy) is 3. The number of hydrogen-bond donors (Lipinski definition) is 1. The first-order chi connectivity index (χ1) is 7.10. The van der Waals surface area contributed by atoms with Gasteiger partial charge in [-0.3, -0.25) is 0 Å². The van der Waals surface area contributed by atoms with Crippen LogP contribution in [-0.4, -0.2) is 57.1 Å². The Morgan fingerprint density at radius 1 is 1.53 bits per heavy atom. The van der Waals surface area contributed by atoms with Crippen molar-refractivity contribution in [2.24, 2.45) is 0 Å². The molecule has 15 heavy (non-hydrogen) atoms. The Kier molecular flexibility index (Phi) is 5.05. The Morgan fingerprint density at radius 2 is 2.20 bits per heavy atom. The second-order valence-electron chi connectivity index (χ2n) is 3.88. The van der Waals surface area contributed by atoms with Crippen LogP contribution in [0.5, 0.6) is 0 Å². The van der Waals surface area contributed by atoms with Gasteiger partial charge in [0.05, 0.1) is 18.8 Å². The maximum Gasteiger partial charge on any atom is 0.112 e. The molecule has 1 aliphatic rings. The summed E-state index contributed by atoms with van der Waals surface area (Å²) in [4.78, 5) is 0. The Labute approximate surface area is 92.3 Å². The molecule has 1 heterocycles. The lowest BCUT2D eigenvalue weighted by atomic mass is 9.92. The van der Waals surface area contributed by atoms with Crippen LogP contribution in [0.25, 0.3) is 0 Å². The quantitative estimate of drug-likeness (QED) is 0.658. The van der Waals surface area contributed by atoms with E-state index in [1.165, 1.54) is 0 Å². The van der Waals surface area contributed by atoms with Crippen LogP contribution in [-0.2, 0) is 14.2 Å². The topological polar surface area (TPSA) is 47.9 Å². The minimum absolute atomic E-state index is 0.00919. The fraction of sp³-hybridized carbons (Fsp3) is 1.00. The molecule has 0 aromatic carbocycles. The van der Waals surface area contributed by atoms with E-state index in [1.807, 2.05) is 13.8 Å². The zero-order valence-electron chi connectivity index (χ0n) is 9.55. The molecule has 1 aliphatic heterocycles. The normalized spacial score (nSPS) is 38.1. The lowest BCUT2D eigenvalue weighted by molar-refractivity contribution is -0.0596. The summed E-state index contributed by atoms with van der Waals surface area (Å²) in [6, 6.07) is -0.547. The minimum atomic E-state index is -0.644. The lowest BCUT2D eigenvalue weighted by Crippen LogP contribution is -2.37. The third-order valence-electron chi connectivity index (χ3n) is 2.70. The first-order valence-corrected chi connectivity index (χ1v) is 5.33. The summed E-state index contributed by atoms with van der Waals surface area (Å²) < 4.78 is 15.9. The van der Waals surface area contributed by atoms with Gasteiger partial charge in [-0.1, -0.05) is 6.92 Å². The SMILES string of the molecule is [B]C1OC(CC)C(O)C1OCC(C)OC.